The van der Waals surface area contributed by atoms with Crippen molar-refractivity contribution in [1.82, 2.24) is 9.38 Å². The summed E-state index contributed by atoms with van der Waals surface area (Å²) in [6.07, 6.45) is 0.836. The summed E-state index contributed by atoms with van der Waals surface area (Å²) in [5, 5.41) is 3.05. The van der Waals surface area contributed by atoms with Crippen molar-refractivity contribution < 1.29 is 4.79 Å². The van der Waals surface area contributed by atoms with E-state index >= 15 is 0 Å². The van der Waals surface area contributed by atoms with E-state index in [1.165, 1.54) is 11.3 Å². The molecule has 4 aromatic rings. The molecule has 0 aliphatic rings. The van der Waals surface area contributed by atoms with Gasteiger partial charge in [-0.05, 0) is 18.2 Å². The number of thiazole rings is 1. The third-order valence-corrected chi connectivity index (χ3v) is 5.14. The van der Waals surface area contributed by atoms with Crippen LogP contribution in [-0.2, 0) is 0 Å². The van der Waals surface area contributed by atoms with Gasteiger partial charge >= 0.3 is 0 Å². The molecule has 0 N–H and O–H groups in total. The quantitative estimate of drug-likeness (QED) is 0.422. The number of carbonyl (C=O) groups excluding carboxylic acids is 1. The second kappa shape index (κ2) is 6.06. The molecule has 0 radical (unpaired) electrons. The van der Waals surface area contributed by atoms with Gasteiger partial charge in [0.15, 0.2) is 11.2 Å². The highest BCUT2D eigenvalue weighted by atomic mass is 35.5. The van der Waals surface area contributed by atoms with Crippen molar-refractivity contribution in [2.45, 2.75) is 0 Å². The maximum Gasteiger partial charge on any atom is 0.195 e. The van der Waals surface area contributed by atoms with E-state index in [1.807, 2.05) is 46.2 Å². The zero-order valence-electron chi connectivity index (χ0n) is 12.2. The minimum Gasteiger partial charge on any atom is -0.296 e. The van der Waals surface area contributed by atoms with Crippen molar-refractivity contribution in [3.63, 3.8) is 0 Å². The number of halogens is 2. The third kappa shape index (κ3) is 2.44. The van der Waals surface area contributed by atoms with E-state index in [4.69, 9.17) is 23.2 Å². The van der Waals surface area contributed by atoms with Crippen LogP contribution in [-0.4, -0.2) is 15.7 Å². The molecule has 2 aromatic carbocycles. The Bertz CT molecular complexity index is 1050. The number of carbonyl (C=O) groups is 1. The molecule has 0 amide bonds. The zero-order chi connectivity index (χ0) is 16.7. The highest BCUT2D eigenvalue weighted by Crippen LogP contribution is 2.36. The normalized spacial score (nSPS) is 11.1. The fourth-order valence-corrected chi connectivity index (χ4v) is 4.08. The van der Waals surface area contributed by atoms with E-state index in [-0.39, 0.29) is 0 Å². The Balaban J connectivity index is 1.99. The van der Waals surface area contributed by atoms with E-state index in [9.17, 15) is 4.79 Å². The molecule has 0 aliphatic carbocycles. The molecule has 3 nitrogen and oxygen atoms in total. The predicted octanol–water partition coefficient (Wildman–Crippen LogP) is 5.85. The molecule has 0 bridgehead atoms. The van der Waals surface area contributed by atoms with Crippen molar-refractivity contribution in [2.75, 3.05) is 0 Å². The molecule has 0 unspecified atom stereocenters. The lowest BCUT2D eigenvalue weighted by molar-refractivity contribution is 0.111. The van der Waals surface area contributed by atoms with Gasteiger partial charge in [-0.1, -0.05) is 53.5 Å². The molecule has 6 heteroatoms. The lowest BCUT2D eigenvalue weighted by atomic mass is 10.1. The molecular weight excluding hydrogens is 363 g/mol. The van der Waals surface area contributed by atoms with Crippen LogP contribution in [0.3, 0.4) is 0 Å². The van der Waals surface area contributed by atoms with E-state index in [2.05, 4.69) is 4.98 Å². The van der Waals surface area contributed by atoms with Crippen LogP contribution in [0.4, 0.5) is 0 Å². The smallest absolute Gasteiger partial charge is 0.195 e. The summed E-state index contributed by atoms with van der Waals surface area (Å²) in [6, 6.07) is 15.0. The largest absolute Gasteiger partial charge is 0.296 e. The minimum absolute atomic E-state index is 0.512. The van der Waals surface area contributed by atoms with Gasteiger partial charge in [-0.25, -0.2) is 4.98 Å². The van der Waals surface area contributed by atoms with Crippen LogP contribution in [0.1, 0.15) is 10.5 Å². The first-order valence-electron chi connectivity index (χ1n) is 7.15. The van der Waals surface area contributed by atoms with Gasteiger partial charge in [-0.2, -0.15) is 0 Å². The molecule has 0 saturated carbocycles. The molecule has 0 aliphatic heterocycles. The Morgan fingerprint density at radius 3 is 2.58 bits per heavy atom. The zero-order valence-corrected chi connectivity index (χ0v) is 14.6. The standard InChI is InChI=1S/C18H10Cl2N2OS/c19-12-6-7-13(14(20)8-12)16-10-24-18-21-17(15(9-23)22(16)18)11-4-2-1-3-5-11/h1-10H. The summed E-state index contributed by atoms with van der Waals surface area (Å²) < 4.78 is 1.84. The first-order chi connectivity index (χ1) is 11.7. The highest BCUT2D eigenvalue weighted by Gasteiger charge is 2.19. The van der Waals surface area contributed by atoms with Gasteiger partial charge in [0.1, 0.15) is 11.4 Å². The molecule has 118 valence electrons. The van der Waals surface area contributed by atoms with Crippen molar-refractivity contribution in [2.24, 2.45) is 0 Å². The number of hydrogen-bond donors (Lipinski definition) is 0. The van der Waals surface area contributed by atoms with Crippen LogP contribution in [0.25, 0.3) is 27.5 Å². The Hall–Kier alpha value is -2.14. The summed E-state index contributed by atoms with van der Waals surface area (Å²) in [4.78, 5) is 17.2. The summed E-state index contributed by atoms with van der Waals surface area (Å²) >= 11 is 13.8. The SMILES string of the molecule is O=Cc1c(-c2ccccc2)nc2scc(-c3ccc(Cl)cc3Cl)n12. The number of rotatable bonds is 3. The van der Waals surface area contributed by atoms with E-state index in [0.29, 0.717) is 21.4 Å². The van der Waals surface area contributed by atoms with Gasteiger partial charge in [-0.15, -0.1) is 11.3 Å². The van der Waals surface area contributed by atoms with Gasteiger partial charge in [0, 0.05) is 21.5 Å². The third-order valence-electron chi connectivity index (χ3n) is 3.77. The number of aromatic nitrogens is 2. The van der Waals surface area contributed by atoms with Crippen molar-refractivity contribution in [3.05, 3.63) is 69.7 Å². The monoisotopic (exact) mass is 372 g/mol. The maximum absolute atomic E-state index is 11.8. The van der Waals surface area contributed by atoms with Crippen molar-refractivity contribution in [3.8, 4) is 22.5 Å². The minimum atomic E-state index is 0.512. The molecule has 0 saturated heterocycles. The lowest BCUT2D eigenvalue weighted by Crippen LogP contribution is -1.94. The highest BCUT2D eigenvalue weighted by molar-refractivity contribution is 7.15. The Morgan fingerprint density at radius 1 is 1.08 bits per heavy atom. The summed E-state index contributed by atoms with van der Waals surface area (Å²) in [7, 11) is 0. The number of aldehydes is 1. The number of hydrogen-bond acceptors (Lipinski definition) is 3. The van der Waals surface area contributed by atoms with Gasteiger partial charge in [0.25, 0.3) is 0 Å². The van der Waals surface area contributed by atoms with Crippen LogP contribution >= 0.6 is 34.5 Å². The molecular formula is C18H10Cl2N2OS. The Labute approximate surface area is 152 Å². The van der Waals surface area contributed by atoms with Crippen molar-refractivity contribution in [1.29, 1.82) is 0 Å². The summed E-state index contributed by atoms with van der Waals surface area (Å²) in [5.41, 5.74) is 3.73. The van der Waals surface area contributed by atoms with E-state index in [0.717, 1.165) is 28.1 Å². The first-order valence-corrected chi connectivity index (χ1v) is 8.78. The van der Waals surface area contributed by atoms with Gasteiger partial charge in [0.2, 0.25) is 0 Å². The number of benzene rings is 2. The predicted molar refractivity (Wildman–Crippen MR) is 99.3 cm³/mol. The van der Waals surface area contributed by atoms with Crippen LogP contribution in [0.2, 0.25) is 10.0 Å². The summed E-state index contributed by atoms with van der Waals surface area (Å²) in [5.74, 6) is 0. The first kappa shape index (κ1) is 15.4. The molecule has 2 heterocycles. The molecule has 0 fully saturated rings. The molecule has 4 rings (SSSR count). The molecule has 0 spiro atoms. The molecule has 24 heavy (non-hydrogen) atoms. The van der Waals surface area contributed by atoms with Gasteiger partial charge in [0.05, 0.1) is 10.7 Å². The van der Waals surface area contributed by atoms with Crippen LogP contribution in [0.15, 0.2) is 53.9 Å². The maximum atomic E-state index is 11.8. The summed E-state index contributed by atoms with van der Waals surface area (Å²) in [6.45, 7) is 0. The Morgan fingerprint density at radius 2 is 1.88 bits per heavy atom. The molecule has 0 atom stereocenters. The van der Waals surface area contributed by atoms with Gasteiger partial charge in [-0.3, -0.25) is 9.20 Å². The van der Waals surface area contributed by atoms with Crippen LogP contribution in [0, 0.1) is 0 Å². The lowest BCUT2D eigenvalue weighted by Gasteiger charge is -2.05. The fourth-order valence-electron chi connectivity index (χ4n) is 2.68. The van der Waals surface area contributed by atoms with Crippen molar-refractivity contribution >= 4 is 45.8 Å². The molecule has 2 aromatic heterocycles. The van der Waals surface area contributed by atoms with Crippen LogP contribution in [0.5, 0.6) is 0 Å². The fraction of sp³-hybridized carbons (Fsp3) is 0. The average molecular weight is 373 g/mol. The van der Waals surface area contributed by atoms with E-state index < -0.39 is 0 Å². The second-order valence-electron chi connectivity index (χ2n) is 5.19. The Kier molecular flexibility index (Phi) is 3.88. The number of nitrogens with zero attached hydrogens (tertiary/aromatic N) is 2. The number of fused-ring (bicyclic) bond motifs is 1. The average Bonchev–Trinajstić information content (AvgIpc) is 3.15. The topological polar surface area (TPSA) is 34.4 Å². The number of imidazole rings is 1. The van der Waals surface area contributed by atoms with Gasteiger partial charge < -0.3 is 0 Å². The van der Waals surface area contributed by atoms with Crippen LogP contribution < -0.4 is 0 Å². The second-order valence-corrected chi connectivity index (χ2v) is 6.87. The van der Waals surface area contributed by atoms with E-state index in [1.54, 1.807) is 12.1 Å².